The van der Waals surface area contributed by atoms with Gasteiger partial charge in [0.05, 0.1) is 24.4 Å². The third kappa shape index (κ3) is 4.99. The van der Waals surface area contributed by atoms with Gasteiger partial charge < -0.3 is 49.6 Å². The van der Waals surface area contributed by atoms with Crippen LogP contribution >= 0.6 is 0 Å². The van der Waals surface area contributed by atoms with Crippen LogP contribution in [-0.2, 0) is 23.7 Å². The Bertz CT molecular complexity index is 946. The van der Waals surface area contributed by atoms with Gasteiger partial charge in [0.25, 0.3) is 0 Å². The number of rotatable bonds is 6. The lowest BCUT2D eigenvalue weighted by atomic mass is 9.81. The van der Waals surface area contributed by atoms with Gasteiger partial charge in [0.1, 0.15) is 36.1 Å². The maximum absolute atomic E-state index is 12.5. The van der Waals surface area contributed by atoms with E-state index < -0.39 is 72.8 Å². The molecule has 2 aliphatic heterocycles. The van der Waals surface area contributed by atoms with Gasteiger partial charge in [-0.3, -0.25) is 0 Å². The molecule has 35 heavy (non-hydrogen) atoms. The second-order valence-electron chi connectivity index (χ2n) is 9.24. The molecular formula is C24H30O11. The van der Waals surface area contributed by atoms with Gasteiger partial charge in [-0.05, 0) is 24.6 Å². The predicted molar refractivity (Wildman–Crippen MR) is 118 cm³/mol. The number of fused-ring (bicyclic) bond motifs is 1. The van der Waals surface area contributed by atoms with Crippen LogP contribution in [0.5, 0.6) is 0 Å². The summed E-state index contributed by atoms with van der Waals surface area (Å²) in [5.74, 6) is -1.92. The smallest absolute Gasteiger partial charge is 0.331 e. The molecule has 0 aromatic heterocycles. The highest BCUT2D eigenvalue weighted by Gasteiger charge is 2.65. The van der Waals surface area contributed by atoms with E-state index >= 15 is 0 Å². The van der Waals surface area contributed by atoms with E-state index in [1.54, 1.807) is 18.2 Å². The number of hydrogen-bond donors (Lipinski definition) is 6. The Hall–Kier alpha value is -2.35. The third-order valence-electron chi connectivity index (χ3n) is 6.69. The van der Waals surface area contributed by atoms with E-state index in [-0.39, 0.29) is 6.42 Å². The summed E-state index contributed by atoms with van der Waals surface area (Å²) in [6, 6.07) is 9.07. The first-order valence-corrected chi connectivity index (χ1v) is 11.2. The first kappa shape index (κ1) is 25.7. The number of aliphatic hydroxyl groups is 6. The van der Waals surface area contributed by atoms with Crippen molar-refractivity contribution in [1.29, 1.82) is 0 Å². The van der Waals surface area contributed by atoms with Crippen LogP contribution in [0.4, 0.5) is 0 Å². The summed E-state index contributed by atoms with van der Waals surface area (Å²) >= 11 is 0. The van der Waals surface area contributed by atoms with Crippen LogP contribution in [-0.4, -0.2) is 97.5 Å². The van der Waals surface area contributed by atoms with Crippen molar-refractivity contribution in [2.45, 2.75) is 67.6 Å². The molecule has 4 rings (SSSR count). The highest BCUT2D eigenvalue weighted by atomic mass is 16.8. The Kier molecular flexibility index (Phi) is 7.32. The molecule has 0 amide bonds. The molecular weight excluding hydrogens is 464 g/mol. The van der Waals surface area contributed by atoms with Crippen LogP contribution in [0.1, 0.15) is 18.9 Å². The van der Waals surface area contributed by atoms with Crippen molar-refractivity contribution in [1.82, 2.24) is 0 Å². The summed E-state index contributed by atoms with van der Waals surface area (Å²) in [7, 11) is 0. The average Bonchev–Trinajstić information content (AvgIpc) is 3.03. The fourth-order valence-electron chi connectivity index (χ4n) is 4.86. The second kappa shape index (κ2) is 9.96. The standard InChI is InChI=1S/C24H30O11/c1-23(30)11-15(34-16(26)8-7-13-5-3-2-4-6-13)24(31)9-10-32-22(20(23)24)35-21-19(29)18(28)17(27)14(12-25)33-21/h2-10,14-15,17-22,25,27-31H,11-12H2,1H3/b8-7+/t14-,15-,17-,18+,19-,20-,21+,22+,23+,24-/m1/s1. The Morgan fingerprint density at radius 3 is 2.51 bits per heavy atom. The number of carbonyl (C=O) groups is 1. The van der Waals surface area contributed by atoms with Gasteiger partial charge in [-0.1, -0.05) is 30.3 Å². The summed E-state index contributed by atoms with van der Waals surface area (Å²) in [6.45, 7) is 0.762. The largest absolute Gasteiger partial charge is 0.472 e. The van der Waals surface area contributed by atoms with Gasteiger partial charge in [-0.25, -0.2) is 4.79 Å². The van der Waals surface area contributed by atoms with Crippen molar-refractivity contribution in [2.75, 3.05) is 6.61 Å². The van der Waals surface area contributed by atoms with Gasteiger partial charge in [-0.2, -0.15) is 0 Å². The van der Waals surface area contributed by atoms with E-state index in [0.29, 0.717) is 0 Å². The van der Waals surface area contributed by atoms with Gasteiger partial charge in [-0.15, -0.1) is 0 Å². The van der Waals surface area contributed by atoms with E-state index in [9.17, 15) is 35.4 Å². The first-order valence-electron chi connectivity index (χ1n) is 11.2. The molecule has 10 atom stereocenters. The normalized spacial score (nSPS) is 43.1. The fraction of sp³-hybridized carbons (Fsp3) is 0.542. The van der Waals surface area contributed by atoms with Crippen molar-refractivity contribution in [3.8, 4) is 0 Å². The molecule has 1 saturated heterocycles. The summed E-state index contributed by atoms with van der Waals surface area (Å²) < 4.78 is 22.0. The zero-order chi connectivity index (χ0) is 25.4. The summed E-state index contributed by atoms with van der Waals surface area (Å²) in [5, 5.41) is 62.2. The Labute approximate surface area is 201 Å². The lowest BCUT2D eigenvalue weighted by Crippen LogP contribution is -2.62. The lowest BCUT2D eigenvalue weighted by molar-refractivity contribution is -0.351. The molecule has 11 nitrogen and oxygen atoms in total. The molecule has 6 N–H and O–H groups in total. The number of ether oxygens (including phenoxy) is 4. The van der Waals surface area contributed by atoms with Gasteiger partial charge in [0.15, 0.2) is 6.29 Å². The maximum atomic E-state index is 12.5. The van der Waals surface area contributed by atoms with Crippen LogP contribution in [0.2, 0.25) is 0 Å². The molecule has 0 spiro atoms. The molecule has 2 heterocycles. The molecule has 0 unspecified atom stereocenters. The van der Waals surface area contributed by atoms with Crippen LogP contribution < -0.4 is 0 Å². The molecule has 11 heteroatoms. The summed E-state index contributed by atoms with van der Waals surface area (Å²) in [5.41, 5.74) is -2.76. The van der Waals surface area contributed by atoms with Crippen molar-refractivity contribution < 1.29 is 54.4 Å². The SMILES string of the molecule is C[C@]1(O)C[C@@H](OC(=O)/C=C/c2ccccc2)[C@]2(O)C=CO[C@@H](O[C@@H]3O[C@H](CO)[C@@H](O)[C@H](O)[C@H]3O)[C@@H]21. The quantitative estimate of drug-likeness (QED) is 0.207. The third-order valence-corrected chi connectivity index (χ3v) is 6.69. The van der Waals surface area contributed by atoms with Crippen molar-refractivity contribution in [3.63, 3.8) is 0 Å². The fourth-order valence-corrected chi connectivity index (χ4v) is 4.86. The Balaban J connectivity index is 1.50. The Morgan fingerprint density at radius 2 is 1.83 bits per heavy atom. The molecule has 1 aromatic carbocycles. The van der Waals surface area contributed by atoms with E-state index in [0.717, 1.165) is 11.8 Å². The van der Waals surface area contributed by atoms with Crippen LogP contribution in [0, 0.1) is 5.92 Å². The highest BCUT2D eigenvalue weighted by molar-refractivity contribution is 5.87. The van der Waals surface area contributed by atoms with Crippen LogP contribution in [0.3, 0.4) is 0 Å². The zero-order valence-corrected chi connectivity index (χ0v) is 19.0. The molecule has 0 radical (unpaired) electrons. The molecule has 3 aliphatic rings. The minimum absolute atomic E-state index is 0.151. The molecule has 0 bridgehead atoms. The van der Waals surface area contributed by atoms with Gasteiger partial charge in [0.2, 0.25) is 6.29 Å². The number of benzene rings is 1. The first-order chi connectivity index (χ1) is 16.6. The van der Waals surface area contributed by atoms with E-state index in [4.69, 9.17) is 18.9 Å². The monoisotopic (exact) mass is 494 g/mol. The lowest BCUT2D eigenvalue weighted by Gasteiger charge is -2.45. The molecule has 1 aromatic rings. The van der Waals surface area contributed by atoms with Gasteiger partial charge >= 0.3 is 5.97 Å². The number of carbonyl (C=O) groups excluding carboxylic acids is 1. The van der Waals surface area contributed by atoms with Crippen molar-refractivity contribution >= 4 is 12.0 Å². The summed E-state index contributed by atoms with van der Waals surface area (Å²) in [6.07, 6.45) is -5.31. The van der Waals surface area contributed by atoms with Crippen molar-refractivity contribution in [3.05, 3.63) is 54.3 Å². The zero-order valence-electron chi connectivity index (χ0n) is 19.0. The molecule has 1 aliphatic carbocycles. The van der Waals surface area contributed by atoms with Crippen LogP contribution in [0.25, 0.3) is 6.08 Å². The highest BCUT2D eigenvalue weighted by Crippen LogP contribution is 2.50. The summed E-state index contributed by atoms with van der Waals surface area (Å²) in [4.78, 5) is 12.5. The Morgan fingerprint density at radius 1 is 1.11 bits per heavy atom. The van der Waals surface area contributed by atoms with E-state index in [2.05, 4.69) is 0 Å². The minimum atomic E-state index is -1.89. The average molecular weight is 494 g/mol. The minimum Gasteiger partial charge on any atom is -0.472 e. The number of aliphatic hydroxyl groups excluding tert-OH is 4. The van der Waals surface area contributed by atoms with E-state index in [1.807, 2.05) is 18.2 Å². The predicted octanol–water partition coefficient (Wildman–Crippen LogP) is -1.20. The number of hydrogen-bond acceptors (Lipinski definition) is 11. The molecule has 2 fully saturated rings. The van der Waals surface area contributed by atoms with Gasteiger partial charge in [0, 0.05) is 12.5 Å². The van der Waals surface area contributed by atoms with Crippen molar-refractivity contribution in [2.24, 2.45) is 5.92 Å². The topological polar surface area (TPSA) is 175 Å². The maximum Gasteiger partial charge on any atom is 0.331 e. The van der Waals surface area contributed by atoms with Crippen LogP contribution in [0.15, 0.2) is 48.7 Å². The number of esters is 1. The molecule has 1 saturated carbocycles. The van der Waals surface area contributed by atoms with E-state index in [1.165, 1.54) is 19.1 Å². The second-order valence-corrected chi connectivity index (χ2v) is 9.24. The molecule has 192 valence electrons.